The van der Waals surface area contributed by atoms with Crippen molar-refractivity contribution in [2.45, 2.75) is 18.5 Å². The zero-order valence-corrected chi connectivity index (χ0v) is 12.0. The van der Waals surface area contributed by atoms with E-state index in [1.54, 1.807) is 7.11 Å². The van der Waals surface area contributed by atoms with Crippen LogP contribution in [0, 0.1) is 0 Å². The summed E-state index contributed by atoms with van der Waals surface area (Å²) in [5.74, 6) is 0.563. The molecule has 0 radical (unpaired) electrons. The second kappa shape index (κ2) is 8.29. The summed E-state index contributed by atoms with van der Waals surface area (Å²) in [5.41, 5.74) is 0.222. The zero-order valence-electron chi connectivity index (χ0n) is 10.4. The van der Waals surface area contributed by atoms with Crippen molar-refractivity contribution >= 4 is 29.3 Å². The van der Waals surface area contributed by atoms with Crippen LogP contribution in [-0.2, 0) is 4.74 Å². The average Bonchev–Trinajstić information content (AvgIpc) is 2.37. The van der Waals surface area contributed by atoms with Crippen LogP contribution in [0.1, 0.15) is 23.8 Å². The smallest absolute Gasteiger partial charge is 0.271 e. The number of carbonyl (C=O) groups is 1. The molecule has 0 spiro atoms. The number of hydrogen-bond donors (Lipinski definition) is 1. The number of methoxy groups -OCH3 is 1. The minimum atomic E-state index is -0.281. The zero-order chi connectivity index (χ0) is 13.4. The molecule has 1 rings (SSSR count). The van der Waals surface area contributed by atoms with Crippen molar-refractivity contribution < 1.29 is 9.53 Å². The molecule has 0 atom stereocenters. The number of nitrogens with zero attached hydrogens (tertiary/aromatic N) is 2. The molecule has 1 N–H and O–H groups in total. The first-order valence-electron chi connectivity index (χ1n) is 5.61. The normalized spacial score (nSPS) is 10.4. The minimum Gasteiger partial charge on any atom is -0.385 e. The molecule has 0 aliphatic carbocycles. The number of hydrogen-bond acceptors (Lipinski definition) is 5. The molecule has 7 heteroatoms. The van der Waals surface area contributed by atoms with Gasteiger partial charge in [0.15, 0.2) is 10.9 Å². The van der Waals surface area contributed by atoms with Gasteiger partial charge in [0.1, 0.15) is 0 Å². The number of thioether (sulfide) groups is 1. The predicted octanol–water partition coefficient (Wildman–Crippen LogP) is 2.01. The SMILES string of the molecule is CCSc1ncc(Cl)c(C(=O)NCCCOC)n1. The van der Waals surface area contributed by atoms with Crippen molar-refractivity contribution in [3.8, 4) is 0 Å². The molecule has 18 heavy (non-hydrogen) atoms. The van der Waals surface area contributed by atoms with Crippen molar-refractivity contribution in [3.05, 3.63) is 16.9 Å². The summed E-state index contributed by atoms with van der Waals surface area (Å²) < 4.78 is 4.90. The molecule has 0 aromatic carbocycles. The molecule has 0 unspecified atom stereocenters. The largest absolute Gasteiger partial charge is 0.385 e. The van der Waals surface area contributed by atoms with Crippen LogP contribution in [0.3, 0.4) is 0 Å². The third-order valence-corrected chi connectivity index (χ3v) is 3.04. The van der Waals surface area contributed by atoms with Crippen molar-refractivity contribution in [2.75, 3.05) is 26.0 Å². The Morgan fingerprint density at radius 1 is 1.61 bits per heavy atom. The summed E-state index contributed by atoms with van der Waals surface area (Å²) >= 11 is 7.38. The fourth-order valence-corrected chi connectivity index (χ4v) is 1.93. The molecule has 0 bridgehead atoms. The standard InChI is InChI=1S/C11H16ClN3O2S/c1-3-18-11-14-7-8(12)9(15-11)10(16)13-5-4-6-17-2/h7H,3-6H2,1-2H3,(H,13,16). The van der Waals surface area contributed by atoms with E-state index in [0.717, 1.165) is 12.2 Å². The molecule has 0 aliphatic heterocycles. The predicted molar refractivity (Wildman–Crippen MR) is 72.3 cm³/mol. The molecule has 0 saturated heterocycles. The van der Waals surface area contributed by atoms with Crippen LogP contribution >= 0.6 is 23.4 Å². The molecule has 100 valence electrons. The Balaban J connectivity index is 2.63. The van der Waals surface area contributed by atoms with E-state index >= 15 is 0 Å². The van der Waals surface area contributed by atoms with E-state index in [1.165, 1.54) is 18.0 Å². The Bertz CT molecular complexity index is 404. The summed E-state index contributed by atoms with van der Waals surface area (Å²) in [6.45, 7) is 3.13. The summed E-state index contributed by atoms with van der Waals surface area (Å²) in [6.07, 6.45) is 2.21. The molecule has 5 nitrogen and oxygen atoms in total. The number of carbonyl (C=O) groups excluding carboxylic acids is 1. The third kappa shape index (κ3) is 4.80. The van der Waals surface area contributed by atoms with E-state index in [9.17, 15) is 4.79 Å². The lowest BCUT2D eigenvalue weighted by Crippen LogP contribution is -2.26. The topological polar surface area (TPSA) is 64.1 Å². The Kier molecular flexibility index (Phi) is 7.00. The van der Waals surface area contributed by atoms with Crippen molar-refractivity contribution in [3.63, 3.8) is 0 Å². The minimum absolute atomic E-state index is 0.222. The number of ether oxygens (including phenoxy) is 1. The van der Waals surface area contributed by atoms with E-state index < -0.39 is 0 Å². The molecule has 1 heterocycles. The Labute approximate surface area is 116 Å². The number of amides is 1. The summed E-state index contributed by atoms with van der Waals surface area (Å²) in [6, 6.07) is 0. The summed E-state index contributed by atoms with van der Waals surface area (Å²) in [4.78, 5) is 20.0. The van der Waals surface area contributed by atoms with Gasteiger partial charge in [-0.15, -0.1) is 0 Å². The number of halogens is 1. The highest BCUT2D eigenvalue weighted by molar-refractivity contribution is 7.99. The van der Waals surface area contributed by atoms with Gasteiger partial charge < -0.3 is 10.1 Å². The Morgan fingerprint density at radius 3 is 3.06 bits per heavy atom. The van der Waals surface area contributed by atoms with Gasteiger partial charge in [0, 0.05) is 20.3 Å². The van der Waals surface area contributed by atoms with Gasteiger partial charge in [-0.2, -0.15) is 0 Å². The second-order valence-corrected chi connectivity index (χ2v) is 5.02. The van der Waals surface area contributed by atoms with Crippen molar-refractivity contribution in [2.24, 2.45) is 0 Å². The van der Waals surface area contributed by atoms with Crippen LogP contribution in [0.2, 0.25) is 5.02 Å². The van der Waals surface area contributed by atoms with Gasteiger partial charge in [0.25, 0.3) is 5.91 Å². The van der Waals surface area contributed by atoms with Gasteiger partial charge in [-0.05, 0) is 12.2 Å². The first-order chi connectivity index (χ1) is 8.69. The molecule has 0 saturated carbocycles. The highest BCUT2D eigenvalue weighted by atomic mass is 35.5. The third-order valence-electron chi connectivity index (χ3n) is 2.02. The monoisotopic (exact) mass is 289 g/mol. The van der Waals surface area contributed by atoms with Crippen LogP contribution in [0.4, 0.5) is 0 Å². The van der Waals surface area contributed by atoms with Crippen LogP contribution < -0.4 is 5.32 Å². The molecule has 1 aromatic rings. The number of aromatic nitrogens is 2. The number of nitrogens with one attached hydrogen (secondary N) is 1. The van der Waals surface area contributed by atoms with E-state index in [2.05, 4.69) is 15.3 Å². The first kappa shape index (κ1) is 15.2. The maximum atomic E-state index is 11.8. The molecule has 0 aliphatic rings. The highest BCUT2D eigenvalue weighted by Crippen LogP contribution is 2.17. The van der Waals surface area contributed by atoms with E-state index in [-0.39, 0.29) is 16.6 Å². The quantitative estimate of drug-likeness (QED) is 0.472. The van der Waals surface area contributed by atoms with Gasteiger partial charge in [0.2, 0.25) is 0 Å². The lowest BCUT2D eigenvalue weighted by Gasteiger charge is -2.06. The molecule has 1 amide bonds. The summed E-state index contributed by atoms with van der Waals surface area (Å²) in [7, 11) is 1.62. The molecular weight excluding hydrogens is 274 g/mol. The van der Waals surface area contributed by atoms with Crippen LogP contribution in [-0.4, -0.2) is 41.9 Å². The van der Waals surface area contributed by atoms with Gasteiger partial charge in [-0.3, -0.25) is 4.79 Å². The van der Waals surface area contributed by atoms with Crippen molar-refractivity contribution in [1.29, 1.82) is 0 Å². The fourth-order valence-electron chi connectivity index (χ4n) is 1.21. The molecular formula is C11H16ClN3O2S. The van der Waals surface area contributed by atoms with Crippen LogP contribution in [0.15, 0.2) is 11.4 Å². The van der Waals surface area contributed by atoms with Crippen LogP contribution in [0.5, 0.6) is 0 Å². The van der Waals surface area contributed by atoms with Gasteiger partial charge >= 0.3 is 0 Å². The van der Waals surface area contributed by atoms with Gasteiger partial charge in [-0.25, -0.2) is 9.97 Å². The second-order valence-electron chi connectivity index (χ2n) is 3.38. The Hall–Kier alpha value is -0.850. The first-order valence-corrected chi connectivity index (χ1v) is 6.97. The fraction of sp³-hybridized carbons (Fsp3) is 0.545. The maximum absolute atomic E-state index is 11.8. The molecule has 1 aromatic heterocycles. The van der Waals surface area contributed by atoms with E-state index in [1.807, 2.05) is 6.92 Å². The van der Waals surface area contributed by atoms with Crippen molar-refractivity contribution in [1.82, 2.24) is 15.3 Å². The number of rotatable bonds is 7. The Morgan fingerprint density at radius 2 is 2.39 bits per heavy atom. The summed E-state index contributed by atoms with van der Waals surface area (Å²) in [5, 5.41) is 3.56. The highest BCUT2D eigenvalue weighted by Gasteiger charge is 2.13. The van der Waals surface area contributed by atoms with E-state index in [0.29, 0.717) is 18.3 Å². The molecule has 0 fully saturated rings. The van der Waals surface area contributed by atoms with Gasteiger partial charge in [-0.1, -0.05) is 30.3 Å². The van der Waals surface area contributed by atoms with E-state index in [4.69, 9.17) is 16.3 Å². The lowest BCUT2D eigenvalue weighted by atomic mass is 10.3. The van der Waals surface area contributed by atoms with Crippen LogP contribution in [0.25, 0.3) is 0 Å². The average molecular weight is 290 g/mol. The van der Waals surface area contributed by atoms with Gasteiger partial charge in [0.05, 0.1) is 11.2 Å². The lowest BCUT2D eigenvalue weighted by molar-refractivity contribution is 0.0943. The maximum Gasteiger partial charge on any atom is 0.271 e.